The van der Waals surface area contributed by atoms with E-state index in [0.717, 1.165) is 22.2 Å². The van der Waals surface area contributed by atoms with Gasteiger partial charge in [-0.25, -0.2) is 8.78 Å². The number of carbonyl (C=O) groups excluding carboxylic acids is 1. The molecule has 0 saturated heterocycles. The Morgan fingerprint density at radius 3 is 2.50 bits per heavy atom. The third-order valence-electron chi connectivity index (χ3n) is 4.02. The Bertz CT molecular complexity index is 1170. The van der Waals surface area contributed by atoms with Crippen molar-refractivity contribution in [3.05, 3.63) is 76.5 Å². The van der Waals surface area contributed by atoms with Crippen LogP contribution in [-0.2, 0) is 0 Å². The number of nitrogens with zero attached hydrogens (tertiary/aromatic N) is 2. The summed E-state index contributed by atoms with van der Waals surface area (Å²) in [6.45, 7) is 0. The highest BCUT2D eigenvalue weighted by Crippen LogP contribution is 2.30. The fourth-order valence-corrected chi connectivity index (χ4v) is 3.10. The molecule has 0 radical (unpaired) electrons. The molecule has 0 bridgehead atoms. The molecule has 0 atom stereocenters. The first-order valence-electron chi connectivity index (χ1n) is 8.13. The third kappa shape index (κ3) is 3.56. The molecule has 6 nitrogen and oxygen atoms in total. The van der Waals surface area contributed by atoms with Crippen molar-refractivity contribution in [2.75, 3.05) is 5.32 Å². The number of hydrogen-bond donors (Lipinski definition) is 3. The van der Waals surface area contributed by atoms with Crippen LogP contribution in [0.25, 0.3) is 22.5 Å². The normalized spacial score (nSPS) is 10.8. The highest BCUT2D eigenvalue weighted by atomic mass is 79.9. The first-order valence-corrected chi connectivity index (χ1v) is 8.92. The Labute approximate surface area is 166 Å². The lowest BCUT2D eigenvalue weighted by Gasteiger charge is -2.04. The first-order chi connectivity index (χ1) is 13.5. The molecule has 0 aliphatic heterocycles. The van der Waals surface area contributed by atoms with E-state index >= 15 is 0 Å². The van der Waals surface area contributed by atoms with Crippen LogP contribution >= 0.6 is 15.9 Å². The van der Waals surface area contributed by atoms with Gasteiger partial charge in [0.05, 0.1) is 0 Å². The van der Waals surface area contributed by atoms with Crippen LogP contribution in [-0.4, -0.2) is 26.3 Å². The molecule has 0 spiro atoms. The zero-order valence-corrected chi connectivity index (χ0v) is 15.7. The van der Waals surface area contributed by atoms with Gasteiger partial charge in [-0.15, -0.1) is 0 Å². The quantitative estimate of drug-likeness (QED) is 0.424. The summed E-state index contributed by atoms with van der Waals surface area (Å²) in [4.78, 5) is 15.2. The maximum Gasteiger partial charge on any atom is 0.272 e. The van der Waals surface area contributed by atoms with Crippen molar-refractivity contribution in [2.24, 2.45) is 0 Å². The molecule has 140 valence electrons. The van der Waals surface area contributed by atoms with Crippen molar-refractivity contribution in [2.45, 2.75) is 0 Å². The van der Waals surface area contributed by atoms with Gasteiger partial charge < -0.3 is 10.3 Å². The Balaban J connectivity index is 1.59. The third-order valence-corrected chi connectivity index (χ3v) is 4.52. The maximum atomic E-state index is 13.3. The van der Waals surface area contributed by atoms with Crippen LogP contribution in [0.4, 0.5) is 14.5 Å². The van der Waals surface area contributed by atoms with E-state index in [2.05, 4.69) is 41.6 Å². The van der Waals surface area contributed by atoms with E-state index < -0.39 is 17.5 Å². The SMILES string of the molecule is O=C(Nc1ccc(F)c(F)c1)c1cc(-c2n[nH]nc2-c2cccc(Br)c2)c[nH]1. The van der Waals surface area contributed by atoms with Crippen LogP contribution in [0.3, 0.4) is 0 Å². The zero-order valence-electron chi connectivity index (χ0n) is 14.1. The molecular formula is C19H12BrF2N5O. The number of amides is 1. The summed E-state index contributed by atoms with van der Waals surface area (Å²) in [5.41, 5.74) is 3.10. The maximum absolute atomic E-state index is 13.3. The molecule has 3 N–H and O–H groups in total. The van der Waals surface area contributed by atoms with Gasteiger partial charge in [0.15, 0.2) is 11.6 Å². The van der Waals surface area contributed by atoms with Gasteiger partial charge >= 0.3 is 0 Å². The van der Waals surface area contributed by atoms with Crippen LogP contribution in [0, 0.1) is 11.6 Å². The highest BCUT2D eigenvalue weighted by molar-refractivity contribution is 9.10. The molecule has 0 fully saturated rings. The van der Waals surface area contributed by atoms with Crippen LogP contribution in [0.15, 0.2) is 59.2 Å². The van der Waals surface area contributed by atoms with Gasteiger partial charge in [-0.3, -0.25) is 4.79 Å². The molecule has 1 amide bonds. The predicted octanol–water partition coefficient (Wildman–Crippen LogP) is 4.76. The average Bonchev–Trinajstić information content (AvgIpc) is 3.33. The van der Waals surface area contributed by atoms with Crippen LogP contribution in [0.1, 0.15) is 10.5 Å². The summed E-state index contributed by atoms with van der Waals surface area (Å²) < 4.78 is 27.2. The summed E-state index contributed by atoms with van der Waals surface area (Å²) in [5, 5.41) is 13.5. The van der Waals surface area contributed by atoms with Gasteiger partial charge in [-0.05, 0) is 30.3 Å². The molecule has 0 saturated carbocycles. The molecule has 2 heterocycles. The smallest absolute Gasteiger partial charge is 0.272 e. The number of benzene rings is 2. The Kier molecular flexibility index (Phi) is 4.74. The summed E-state index contributed by atoms with van der Waals surface area (Å²) >= 11 is 3.43. The van der Waals surface area contributed by atoms with Gasteiger partial charge in [0.25, 0.3) is 5.91 Å². The first kappa shape index (κ1) is 18.1. The van der Waals surface area contributed by atoms with E-state index in [9.17, 15) is 13.6 Å². The number of rotatable bonds is 4. The molecule has 28 heavy (non-hydrogen) atoms. The number of anilines is 1. The minimum absolute atomic E-state index is 0.149. The Morgan fingerprint density at radius 1 is 0.964 bits per heavy atom. The van der Waals surface area contributed by atoms with Gasteiger partial charge in [0.2, 0.25) is 0 Å². The van der Waals surface area contributed by atoms with Crippen molar-refractivity contribution < 1.29 is 13.6 Å². The molecule has 9 heteroatoms. The van der Waals surface area contributed by atoms with Crippen molar-refractivity contribution >= 4 is 27.5 Å². The van der Waals surface area contributed by atoms with Crippen molar-refractivity contribution in [1.82, 2.24) is 20.4 Å². The van der Waals surface area contributed by atoms with E-state index in [4.69, 9.17) is 0 Å². The van der Waals surface area contributed by atoms with E-state index in [1.54, 1.807) is 12.3 Å². The van der Waals surface area contributed by atoms with Gasteiger partial charge in [-0.1, -0.05) is 28.1 Å². The van der Waals surface area contributed by atoms with E-state index in [-0.39, 0.29) is 11.4 Å². The average molecular weight is 444 g/mol. The van der Waals surface area contributed by atoms with Crippen LogP contribution in [0.2, 0.25) is 0 Å². The second kappa shape index (κ2) is 7.35. The fraction of sp³-hybridized carbons (Fsp3) is 0. The van der Waals surface area contributed by atoms with Crippen molar-refractivity contribution in [3.63, 3.8) is 0 Å². The van der Waals surface area contributed by atoms with Gasteiger partial charge in [0.1, 0.15) is 17.1 Å². The topological polar surface area (TPSA) is 86.5 Å². The van der Waals surface area contributed by atoms with Gasteiger partial charge in [0, 0.05) is 33.6 Å². The van der Waals surface area contributed by atoms with E-state index in [1.165, 1.54) is 6.07 Å². The Hall–Kier alpha value is -3.33. The lowest BCUT2D eigenvalue weighted by atomic mass is 10.1. The standard InChI is InChI=1S/C19H12BrF2N5O/c20-12-3-1-2-10(6-12)17-18(26-27-25-17)11-7-16(23-9-11)19(28)24-13-4-5-14(21)15(22)8-13/h1-9,23H,(H,24,28)(H,25,26,27). The number of halogens is 3. The number of aromatic nitrogens is 4. The number of nitrogens with one attached hydrogen (secondary N) is 3. The summed E-state index contributed by atoms with van der Waals surface area (Å²) in [6, 6.07) is 12.3. The molecule has 0 aliphatic carbocycles. The minimum Gasteiger partial charge on any atom is -0.357 e. The molecule has 0 unspecified atom stereocenters. The second-order valence-electron chi connectivity index (χ2n) is 5.92. The van der Waals surface area contributed by atoms with Crippen LogP contribution < -0.4 is 5.32 Å². The highest BCUT2D eigenvalue weighted by Gasteiger charge is 2.17. The molecule has 4 aromatic rings. The molecule has 0 aliphatic rings. The lowest BCUT2D eigenvalue weighted by Crippen LogP contribution is -2.12. The monoisotopic (exact) mass is 443 g/mol. The minimum atomic E-state index is -1.04. The molecular weight excluding hydrogens is 432 g/mol. The Morgan fingerprint density at radius 2 is 1.75 bits per heavy atom. The van der Waals surface area contributed by atoms with Crippen molar-refractivity contribution in [3.8, 4) is 22.5 Å². The summed E-state index contributed by atoms with van der Waals surface area (Å²) in [5.74, 6) is -2.51. The second-order valence-corrected chi connectivity index (χ2v) is 6.83. The number of carbonyl (C=O) groups is 1. The van der Waals surface area contributed by atoms with E-state index in [0.29, 0.717) is 17.0 Å². The predicted molar refractivity (Wildman–Crippen MR) is 104 cm³/mol. The van der Waals surface area contributed by atoms with E-state index in [1.807, 2.05) is 24.3 Å². The lowest BCUT2D eigenvalue weighted by molar-refractivity contribution is 0.102. The van der Waals surface area contributed by atoms with Crippen molar-refractivity contribution in [1.29, 1.82) is 0 Å². The molecule has 2 aromatic carbocycles. The number of H-pyrrole nitrogens is 2. The molecule has 4 rings (SSSR count). The fourth-order valence-electron chi connectivity index (χ4n) is 2.70. The van der Waals surface area contributed by atoms with Gasteiger partial charge in [-0.2, -0.15) is 15.4 Å². The summed E-state index contributed by atoms with van der Waals surface area (Å²) in [7, 11) is 0. The summed E-state index contributed by atoms with van der Waals surface area (Å²) in [6.07, 6.45) is 1.62. The zero-order chi connectivity index (χ0) is 19.7. The molecule has 2 aromatic heterocycles. The van der Waals surface area contributed by atoms with Crippen LogP contribution in [0.5, 0.6) is 0 Å². The number of hydrogen-bond acceptors (Lipinski definition) is 3. The largest absolute Gasteiger partial charge is 0.357 e. The number of aromatic amines is 2.